The monoisotopic (exact) mass is 157 g/mol. The third-order valence-corrected chi connectivity index (χ3v) is 1.90. The molecule has 0 radical (unpaired) electrons. The van der Waals surface area contributed by atoms with E-state index in [-0.39, 0.29) is 0 Å². The third kappa shape index (κ3) is 0.857. The van der Waals surface area contributed by atoms with Crippen molar-refractivity contribution >= 4 is 11.4 Å². The lowest BCUT2D eigenvalue weighted by atomic mass is 10.1. The molecule has 2 N–H and O–H groups in total. The van der Waals surface area contributed by atoms with Crippen LogP contribution in [0.4, 0.5) is 5.69 Å². The summed E-state index contributed by atoms with van der Waals surface area (Å²) in [5, 5.41) is 8.68. The van der Waals surface area contributed by atoms with Crippen molar-refractivity contribution in [2.45, 2.75) is 6.54 Å². The highest BCUT2D eigenvalue weighted by Gasteiger charge is 2.14. The second-order valence-electron chi connectivity index (χ2n) is 2.69. The number of nitrogens with two attached hydrogens (primary N) is 1. The molecule has 0 bridgehead atoms. The lowest BCUT2D eigenvalue weighted by Crippen LogP contribution is -1.95. The number of hydrogen-bond donors (Lipinski definition) is 1. The Morgan fingerprint density at radius 2 is 2.33 bits per heavy atom. The number of nitrogen functional groups attached to an aromatic ring is 1. The van der Waals surface area contributed by atoms with Gasteiger partial charge in [-0.2, -0.15) is 5.26 Å². The number of hydrogen-bond acceptors (Lipinski definition) is 3. The van der Waals surface area contributed by atoms with Crippen molar-refractivity contribution < 1.29 is 0 Å². The minimum absolute atomic E-state index is 0.498. The smallest absolute Gasteiger partial charge is 0.143 e. The number of anilines is 1. The Balaban J connectivity index is 2.59. The molecule has 0 fully saturated rings. The van der Waals surface area contributed by atoms with Crippen LogP contribution in [0.3, 0.4) is 0 Å². The summed E-state index contributed by atoms with van der Waals surface area (Å²) in [6.45, 7) is 0.610. The van der Waals surface area contributed by atoms with Gasteiger partial charge in [-0.05, 0) is 17.7 Å². The van der Waals surface area contributed by atoms with Crippen molar-refractivity contribution in [2.75, 3.05) is 5.73 Å². The molecule has 0 amide bonds. The molecular weight excluding hydrogens is 150 g/mol. The number of aliphatic imine (C=N–C) groups is 1. The molecule has 0 unspecified atom stereocenters. The molecule has 12 heavy (non-hydrogen) atoms. The minimum atomic E-state index is 0.498. The highest BCUT2D eigenvalue weighted by molar-refractivity contribution is 6.14. The topological polar surface area (TPSA) is 62.2 Å². The highest BCUT2D eigenvalue weighted by Crippen LogP contribution is 2.20. The fraction of sp³-hybridized carbons (Fsp3) is 0.111. The van der Waals surface area contributed by atoms with Crippen LogP contribution in [0.25, 0.3) is 0 Å². The zero-order chi connectivity index (χ0) is 8.55. The van der Waals surface area contributed by atoms with Crippen molar-refractivity contribution in [3.05, 3.63) is 29.3 Å². The van der Waals surface area contributed by atoms with Crippen LogP contribution in [0.5, 0.6) is 0 Å². The zero-order valence-corrected chi connectivity index (χ0v) is 6.41. The summed E-state index contributed by atoms with van der Waals surface area (Å²) in [5.74, 6) is 0. The van der Waals surface area contributed by atoms with E-state index in [0.717, 1.165) is 11.1 Å². The van der Waals surface area contributed by atoms with Crippen molar-refractivity contribution in [3.8, 4) is 6.07 Å². The highest BCUT2D eigenvalue weighted by atomic mass is 14.8. The molecule has 1 aromatic carbocycles. The second-order valence-corrected chi connectivity index (χ2v) is 2.69. The first-order valence-electron chi connectivity index (χ1n) is 3.64. The van der Waals surface area contributed by atoms with Gasteiger partial charge in [0.25, 0.3) is 0 Å². The quantitative estimate of drug-likeness (QED) is 0.573. The van der Waals surface area contributed by atoms with Gasteiger partial charge in [-0.1, -0.05) is 6.07 Å². The summed E-state index contributed by atoms with van der Waals surface area (Å²) < 4.78 is 0. The van der Waals surface area contributed by atoms with Gasteiger partial charge >= 0.3 is 0 Å². The second kappa shape index (κ2) is 2.35. The summed E-state index contributed by atoms with van der Waals surface area (Å²) >= 11 is 0. The molecule has 2 rings (SSSR count). The van der Waals surface area contributed by atoms with Gasteiger partial charge in [0, 0.05) is 11.3 Å². The van der Waals surface area contributed by atoms with Gasteiger partial charge in [-0.15, -0.1) is 0 Å². The maximum atomic E-state index is 8.68. The Morgan fingerprint density at radius 1 is 1.50 bits per heavy atom. The van der Waals surface area contributed by atoms with Crippen molar-refractivity contribution in [3.63, 3.8) is 0 Å². The number of nitrogens with zero attached hydrogens (tertiary/aromatic N) is 2. The van der Waals surface area contributed by atoms with E-state index in [0.29, 0.717) is 17.9 Å². The number of fused-ring (bicyclic) bond motifs is 1. The fourth-order valence-electron chi connectivity index (χ4n) is 1.30. The molecule has 0 atom stereocenters. The Kier molecular flexibility index (Phi) is 1.34. The van der Waals surface area contributed by atoms with Crippen molar-refractivity contribution in [2.24, 2.45) is 4.99 Å². The van der Waals surface area contributed by atoms with E-state index in [2.05, 4.69) is 4.99 Å². The van der Waals surface area contributed by atoms with E-state index in [4.69, 9.17) is 11.0 Å². The summed E-state index contributed by atoms with van der Waals surface area (Å²) in [4.78, 5) is 4.06. The largest absolute Gasteiger partial charge is 0.399 e. The Labute approximate surface area is 70.1 Å². The van der Waals surface area contributed by atoms with Gasteiger partial charge in [-0.3, -0.25) is 4.99 Å². The van der Waals surface area contributed by atoms with Gasteiger partial charge in [0.05, 0.1) is 6.54 Å². The maximum Gasteiger partial charge on any atom is 0.143 e. The van der Waals surface area contributed by atoms with Gasteiger partial charge in [0.15, 0.2) is 0 Å². The van der Waals surface area contributed by atoms with Gasteiger partial charge < -0.3 is 5.73 Å². The minimum Gasteiger partial charge on any atom is -0.399 e. The molecule has 3 heteroatoms. The molecule has 1 aromatic rings. The van der Waals surface area contributed by atoms with E-state index < -0.39 is 0 Å². The van der Waals surface area contributed by atoms with E-state index in [1.807, 2.05) is 18.2 Å². The van der Waals surface area contributed by atoms with Crippen molar-refractivity contribution in [1.29, 1.82) is 5.26 Å². The van der Waals surface area contributed by atoms with Crippen LogP contribution in [0.2, 0.25) is 0 Å². The van der Waals surface area contributed by atoms with E-state index >= 15 is 0 Å². The van der Waals surface area contributed by atoms with Crippen LogP contribution in [-0.2, 0) is 6.54 Å². The average molecular weight is 157 g/mol. The van der Waals surface area contributed by atoms with Gasteiger partial charge in [0.1, 0.15) is 11.8 Å². The van der Waals surface area contributed by atoms with Crippen LogP contribution in [0, 0.1) is 11.3 Å². The molecule has 1 heterocycles. The van der Waals surface area contributed by atoms with Crippen molar-refractivity contribution in [1.82, 2.24) is 0 Å². The van der Waals surface area contributed by atoms with Gasteiger partial charge in [0.2, 0.25) is 0 Å². The predicted octanol–water partition coefficient (Wildman–Crippen LogP) is 1.10. The fourth-order valence-corrected chi connectivity index (χ4v) is 1.30. The average Bonchev–Trinajstić information content (AvgIpc) is 2.46. The van der Waals surface area contributed by atoms with Crippen LogP contribution < -0.4 is 5.73 Å². The van der Waals surface area contributed by atoms with Gasteiger partial charge in [-0.25, -0.2) is 0 Å². The lowest BCUT2D eigenvalue weighted by molar-refractivity contribution is 1.11. The molecule has 1 aliphatic rings. The molecule has 0 saturated carbocycles. The predicted molar refractivity (Wildman–Crippen MR) is 46.7 cm³/mol. The molecular formula is C9H7N3. The first-order valence-corrected chi connectivity index (χ1v) is 3.64. The zero-order valence-electron chi connectivity index (χ0n) is 6.41. The first kappa shape index (κ1) is 6.86. The first-order chi connectivity index (χ1) is 5.81. The molecule has 1 aliphatic heterocycles. The summed E-state index contributed by atoms with van der Waals surface area (Å²) in [5.41, 5.74) is 8.73. The lowest BCUT2D eigenvalue weighted by Gasteiger charge is -1.98. The summed E-state index contributed by atoms with van der Waals surface area (Å²) in [6, 6.07) is 7.58. The molecule has 0 aliphatic carbocycles. The van der Waals surface area contributed by atoms with Crippen LogP contribution in [-0.4, -0.2) is 5.71 Å². The Morgan fingerprint density at radius 3 is 3.08 bits per heavy atom. The molecule has 0 aromatic heterocycles. The number of rotatable bonds is 0. The summed E-state index contributed by atoms with van der Waals surface area (Å²) in [6.07, 6.45) is 0. The standard InChI is InChI=1S/C9H7N3/c10-4-9-8-3-7(11)2-1-6(8)5-12-9/h1-3H,5,11H2. The maximum absolute atomic E-state index is 8.68. The molecule has 3 nitrogen and oxygen atoms in total. The van der Waals surface area contributed by atoms with E-state index in [9.17, 15) is 0 Å². The Bertz CT molecular complexity index is 399. The summed E-state index contributed by atoms with van der Waals surface area (Å²) in [7, 11) is 0. The number of nitriles is 1. The molecule has 0 spiro atoms. The molecule has 58 valence electrons. The number of benzene rings is 1. The molecule has 0 saturated heterocycles. The Hall–Kier alpha value is -1.82. The SMILES string of the molecule is N#CC1=NCc2ccc(N)cc21. The van der Waals surface area contributed by atoms with E-state index in [1.165, 1.54) is 0 Å². The van der Waals surface area contributed by atoms with Crippen LogP contribution in [0.15, 0.2) is 23.2 Å². The van der Waals surface area contributed by atoms with E-state index in [1.54, 1.807) is 6.07 Å². The third-order valence-electron chi connectivity index (χ3n) is 1.90. The van der Waals surface area contributed by atoms with Crippen LogP contribution >= 0.6 is 0 Å². The normalized spacial score (nSPS) is 13.4. The van der Waals surface area contributed by atoms with Crippen LogP contribution in [0.1, 0.15) is 11.1 Å².